The van der Waals surface area contributed by atoms with Crippen molar-refractivity contribution in [3.63, 3.8) is 0 Å². The first-order chi connectivity index (χ1) is 10.3. The van der Waals surface area contributed by atoms with Crippen molar-refractivity contribution in [1.82, 2.24) is 0 Å². The van der Waals surface area contributed by atoms with Gasteiger partial charge in [-0.1, -0.05) is 30.6 Å². The van der Waals surface area contributed by atoms with E-state index in [2.05, 4.69) is 5.16 Å². The molecule has 1 N–H and O–H groups in total. The Morgan fingerprint density at radius 3 is 2.81 bits per heavy atom. The molecule has 0 spiro atoms. The molecule has 0 amide bonds. The summed E-state index contributed by atoms with van der Waals surface area (Å²) in [7, 11) is 0. The molecule has 1 aromatic heterocycles. The maximum Gasteiger partial charge on any atom is 0.362 e. The third kappa shape index (κ3) is 3.78. The van der Waals surface area contributed by atoms with Gasteiger partial charge in [-0.3, -0.25) is 0 Å². The van der Waals surface area contributed by atoms with Crippen molar-refractivity contribution in [2.24, 2.45) is 5.16 Å². The second kappa shape index (κ2) is 7.38. The molecule has 0 atom stereocenters. The van der Waals surface area contributed by atoms with Gasteiger partial charge in [0, 0.05) is 17.5 Å². The molecule has 1 aromatic carbocycles. The van der Waals surface area contributed by atoms with Crippen LogP contribution >= 0.6 is 0 Å². The van der Waals surface area contributed by atoms with Crippen molar-refractivity contribution in [1.29, 1.82) is 0 Å². The van der Waals surface area contributed by atoms with Gasteiger partial charge in [-0.25, -0.2) is 4.79 Å². The zero-order valence-corrected chi connectivity index (χ0v) is 12.0. The standard InChI is InChI=1S/C16H18N2O3/c1-2-3-11-21-16(19)14(17-20)12-18-10-6-8-13-7-4-5-9-15(13)18/h4-10H,2-3,11-12H2,1H3/p+1. The van der Waals surface area contributed by atoms with E-state index in [-0.39, 0.29) is 12.3 Å². The van der Waals surface area contributed by atoms with Crippen LogP contribution in [-0.4, -0.2) is 23.5 Å². The van der Waals surface area contributed by atoms with Gasteiger partial charge in [0.15, 0.2) is 6.20 Å². The Morgan fingerprint density at radius 1 is 1.29 bits per heavy atom. The molecule has 5 heteroatoms. The molecule has 2 aromatic rings. The average molecular weight is 287 g/mol. The highest BCUT2D eigenvalue weighted by Gasteiger charge is 2.20. The van der Waals surface area contributed by atoms with E-state index >= 15 is 0 Å². The Balaban J connectivity index is 2.16. The average Bonchev–Trinajstić information content (AvgIpc) is 2.52. The number of esters is 1. The Bertz CT molecular complexity index is 648. The first-order valence-electron chi connectivity index (χ1n) is 7.01. The Kier molecular flexibility index (Phi) is 5.26. The van der Waals surface area contributed by atoms with Gasteiger partial charge >= 0.3 is 5.97 Å². The lowest BCUT2D eigenvalue weighted by Gasteiger charge is -2.04. The molecule has 0 saturated heterocycles. The number of hydrogen-bond acceptors (Lipinski definition) is 4. The topological polar surface area (TPSA) is 62.8 Å². The molecule has 21 heavy (non-hydrogen) atoms. The lowest BCUT2D eigenvalue weighted by molar-refractivity contribution is -0.655. The highest BCUT2D eigenvalue weighted by molar-refractivity contribution is 6.35. The van der Waals surface area contributed by atoms with E-state index in [1.807, 2.05) is 54.1 Å². The number of carbonyl (C=O) groups excluding carboxylic acids is 1. The molecule has 0 aliphatic carbocycles. The summed E-state index contributed by atoms with van der Waals surface area (Å²) < 4.78 is 6.93. The minimum absolute atomic E-state index is 0.00699. The number of benzene rings is 1. The normalized spacial score (nSPS) is 11.6. The second-order valence-electron chi connectivity index (χ2n) is 4.73. The minimum atomic E-state index is -0.577. The van der Waals surface area contributed by atoms with Crippen LogP contribution in [0.5, 0.6) is 0 Å². The SMILES string of the molecule is CCCCOC(=O)C(C[n+]1cccc2ccccc21)=NO. The van der Waals surface area contributed by atoms with E-state index < -0.39 is 5.97 Å². The largest absolute Gasteiger partial charge is 0.461 e. The van der Waals surface area contributed by atoms with Gasteiger partial charge < -0.3 is 9.94 Å². The number of nitrogens with zero attached hydrogens (tertiary/aromatic N) is 2. The van der Waals surface area contributed by atoms with E-state index in [0.717, 1.165) is 23.7 Å². The van der Waals surface area contributed by atoms with Crippen molar-refractivity contribution >= 4 is 22.6 Å². The fourth-order valence-electron chi connectivity index (χ4n) is 2.05. The van der Waals surface area contributed by atoms with E-state index in [9.17, 15) is 4.79 Å². The number of ether oxygens (including phenoxy) is 1. The Labute approximate surface area is 123 Å². The molecule has 0 radical (unpaired) electrons. The van der Waals surface area contributed by atoms with Crippen LogP contribution < -0.4 is 4.57 Å². The molecule has 5 nitrogen and oxygen atoms in total. The van der Waals surface area contributed by atoms with Crippen LogP contribution in [0, 0.1) is 0 Å². The highest BCUT2D eigenvalue weighted by Crippen LogP contribution is 2.07. The number of fused-ring (bicyclic) bond motifs is 1. The van der Waals surface area contributed by atoms with Gasteiger partial charge in [0.1, 0.15) is 0 Å². The lowest BCUT2D eigenvalue weighted by Crippen LogP contribution is -2.41. The summed E-state index contributed by atoms with van der Waals surface area (Å²) in [5, 5.41) is 13.2. The van der Waals surface area contributed by atoms with Gasteiger partial charge in [0.05, 0.1) is 6.61 Å². The summed E-state index contributed by atoms with van der Waals surface area (Å²) >= 11 is 0. The van der Waals surface area contributed by atoms with Crippen molar-refractivity contribution in [3.05, 3.63) is 42.6 Å². The maximum absolute atomic E-state index is 11.9. The number of rotatable bonds is 6. The summed E-state index contributed by atoms with van der Waals surface area (Å²) in [5.74, 6) is -0.577. The van der Waals surface area contributed by atoms with Crippen molar-refractivity contribution in [2.75, 3.05) is 6.61 Å². The molecule has 0 aliphatic heterocycles. The number of aromatic nitrogens is 1. The van der Waals surface area contributed by atoms with Gasteiger partial charge in [0.25, 0.3) is 0 Å². The number of carbonyl (C=O) groups is 1. The zero-order valence-electron chi connectivity index (χ0n) is 12.0. The monoisotopic (exact) mass is 287 g/mol. The van der Waals surface area contributed by atoms with Gasteiger partial charge in [-0.15, -0.1) is 0 Å². The number of pyridine rings is 1. The van der Waals surface area contributed by atoms with Crippen LogP contribution in [0.15, 0.2) is 47.8 Å². The van der Waals surface area contributed by atoms with Gasteiger partial charge in [-0.05, 0) is 18.6 Å². The third-order valence-corrected chi connectivity index (χ3v) is 3.20. The van der Waals surface area contributed by atoms with Crippen molar-refractivity contribution in [3.8, 4) is 0 Å². The number of oxime groups is 1. The van der Waals surface area contributed by atoms with E-state index in [1.54, 1.807) is 0 Å². The number of unbranched alkanes of at least 4 members (excludes halogenated alkanes) is 1. The second-order valence-corrected chi connectivity index (χ2v) is 4.73. The quantitative estimate of drug-likeness (QED) is 0.221. The number of hydrogen-bond donors (Lipinski definition) is 1. The molecule has 0 fully saturated rings. The summed E-state index contributed by atoms with van der Waals surface area (Å²) in [6.07, 6.45) is 3.58. The van der Waals surface area contributed by atoms with Crippen LogP contribution in [0.25, 0.3) is 10.9 Å². The summed E-state index contributed by atoms with van der Waals surface area (Å²) in [4.78, 5) is 11.9. The fraction of sp³-hybridized carbons (Fsp3) is 0.312. The highest BCUT2D eigenvalue weighted by atomic mass is 16.5. The zero-order chi connectivity index (χ0) is 15.1. The minimum Gasteiger partial charge on any atom is -0.461 e. The molecular weight excluding hydrogens is 268 g/mol. The molecule has 0 saturated carbocycles. The van der Waals surface area contributed by atoms with Crippen LogP contribution in [0.2, 0.25) is 0 Å². The molecule has 1 heterocycles. The van der Waals surface area contributed by atoms with E-state index in [0.29, 0.717) is 6.61 Å². The smallest absolute Gasteiger partial charge is 0.362 e. The first kappa shape index (κ1) is 15.0. The van der Waals surface area contributed by atoms with Gasteiger partial charge in [-0.2, -0.15) is 4.57 Å². The predicted molar refractivity (Wildman–Crippen MR) is 79.2 cm³/mol. The Hall–Kier alpha value is -2.43. The molecule has 2 rings (SSSR count). The first-order valence-corrected chi connectivity index (χ1v) is 7.01. The summed E-state index contributed by atoms with van der Waals surface area (Å²) in [6, 6.07) is 11.7. The maximum atomic E-state index is 11.9. The molecule has 0 unspecified atom stereocenters. The lowest BCUT2D eigenvalue weighted by atomic mass is 10.2. The summed E-state index contributed by atoms with van der Waals surface area (Å²) in [5.41, 5.74) is 0.954. The molecule has 0 aliphatic rings. The molecule has 0 bridgehead atoms. The third-order valence-electron chi connectivity index (χ3n) is 3.20. The van der Waals surface area contributed by atoms with Crippen LogP contribution in [0.4, 0.5) is 0 Å². The van der Waals surface area contributed by atoms with Crippen LogP contribution in [0.1, 0.15) is 19.8 Å². The van der Waals surface area contributed by atoms with Crippen molar-refractivity contribution < 1.29 is 19.3 Å². The molecular formula is C16H19N2O3+. The summed E-state index contributed by atoms with van der Waals surface area (Å²) in [6.45, 7) is 2.53. The Morgan fingerprint density at radius 2 is 2.05 bits per heavy atom. The van der Waals surface area contributed by atoms with Crippen LogP contribution in [0.3, 0.4) is 0 Å². The van der Waals surface area contributed by atoms with Gasteiger partial charge in [0.2, 0.25) is 17.8 Å². The number of para-hydroxylation sites is 1. The molecule has 110 valence electrons. The van der Waals surface area contributed by atoms with Crippen LogP contribution in [-0.2, 0) is 16.1 Å². The predicted octanol–water partition coefficient (Wildman–Crippen LogP) is 2.30. The fourth-order valence-corrected chi connectivity index (χ4v) is 2.05. The van der Waals surface area contributed by atoms with Crippen molar-refractivity contribution in [2.45, 2.75) is 26.3 Å². The van der Waals surface area contributed by atoms with E-state index in [4.69, 9.17) is 9.94 Å². The van der Waals surface area contributed by atoms with E-state index in [1.165, 1.54) is 0 Å².